The summed E-state index contributed by atoms with van der Waals surface area (Å²) in [7, 11) is -3.53. The zero-order valence-electron chi connectivity index (χ0n) is 5.77. The summed E-state index contributed by atoms with van der Waals surface area (Å²) in [6.45, 7) is 1.73. The van der Waals surface area contributed by atoms with E-state index in [2.05, 4.69) is 4.84 Å². The van der Waals surface area contributed by atoms with Gasteiger partial charge in [-0.15, -0.1) is 4.47 Å². The number of rotatable bonds is 4. The van der Waals surface area contributed by atoms with E-state index in [1.807, 2.05) is 0 Å². The molecule has 0 N–H and O–H groups in total. The van der Waals surface area contributed by atoms with E-state index in [9.17, 15) is 13.2 Å². The van der Waals surface area contributed by atoms with Crippen molar-refractivity contribution in [1.29, 1.82) is 0 Å². The molecular weight excluding hydrogens is 158 g/mol. The molecule has 0 aliphatic rings. The fraction of sp³-hybridized carbons (Fsp3) is 0.750. The first-order valence-corrected chi connectivity index (χ1v) is 4.44. The molecular formula is C4H9NO4S. The number of amides is 1. The average molecular weight is 167 g/mol. The first kappa shape index (κ1) is 9.38. The Kier molecular flexibility index (Phi) is 3.31. The highest BCUT2D eigenvalue weighted by Gasteiger charge is 2.12. The van der Waals surface area contributed by atoms with Gasteiger partial charge >= 0.3 is 0 Å². The summed E-state index contributed by atoms with van der Waals surface area (Å²) in [5, 5.41) is 0. The molecule has 0 aromatic carbocycles. The van der Waals surface area contributed by atoms with Crippen LogP contribution < -0.4 is 0 Å². The van der Waals surface area contributed by atoms with Gasteiger partial charge < -0.3 is 0 Å². The number of carbonyl (C=O) groups excluding carboxylic acids is 1. The number of sulfonamides is 1. The third kappa shape index (κ3) is 2.79. The first-order chi connectivity index (χ1) is 4.52. The van der Waals surface area contributed by atoms with Gasteiger partial charge in [-0.3, -0.25) is 9.63 Å². The minimum absolute atomic E-state index is 0.110. The summed E-state index contributed by atoms with van der Waals surface area (Å²) in [5.41, 5.74) is 0. The van der Waals surface area contributed by atoms with Crippen molar-refractivity contribution in [2.24, 2.45) is 0 Å². The highest BCUT2D eigenvalue weighted by Crippen LogP contribution is 1.93. The van der Waals surface area contributed by atoms with Gasteiger partial charge in [-0.2, -0.15) is 0 Å². The molecule has 6 heteroatoms. The van der Waals surface area contributed by atoms with Crippen LogP contribution in [0.5, 0.6) is 0 Å². The quantitative estimate of drug-likeness (QED) is 0.412. The molecule has 0 fully saturated rings. The summed E-state index contributed by atoms with van der Waals surface area (Å²) in [5.74, 6) is 0. The van der Waals surface area contributed by atoms with Crippen LogP contribution in [0.1, 0.15) is 6.92 Å². The molecule has 0 aliphatic carbocycles. The van der Waals surface area contributed by atoms with E-state index in [0.29, 0.717) is 0 Å². The molecule has 0 radical (unpaired) electrons. The maximum absolute atomic E-state index is 10.5. The van der Waals surface area contributed by atoms with E-state index in [1.54, 1.807) is 6.92 Å². The topological polar surface area (TPSA) is 63.7 Å². The van der Waals surface area contributed by atoms with E-state index >= 15 is 0 Å². The fourth-order valence-corrected chi connectivity index (χ4v) is 0.785. The number of hydrogen-bond donors (Lipinski definition) is 0. The monoisotopic (exact) mass is 167 g/mol. The summed E-state index contributed by atoms with van der Waals surface area (Å²) in [6.07, 6.45) is 0.996. The zero-order chi connectivity index (χ0) is 8.20. The zero-order valence-corrected chi connectivity index (χ0v) is 6.59. The second kappa shape index (κ2) is 3.52. The molecule has 5 nitrogen and oxygen atoms in total. The molecule has 0 saturated carbocycles. The molecule has 0 bridgehead atoms. The van der Waals surface area contributed by atoms with Crippen molar-refractivity contribution in [3.63, 3.8) is 0 Å². The van der Waals surface area contributed by atoms with Gasteiger partial charge in [-0.1, -0.05) is 0 Å². The Hall–Kier alpha value is -0.620. The van der Waals surface area contributed by atoms with E-state index in [-0.39, 0.29) is 17.5 Å². The Bertz CT molecular complexity index is 197. The van der Waals surface area contributed by atoms with Gasteiger partial charge in [0.2, 0.25) is 6.41 Å². The van der Waals surface area contributed by atoms with Crippen LogP contribution in [0.25, 0.3) is 0 Å². The van der Waals surface area contributed by atoms with Gasteiger partial charge in [0, 0.05) is 0 Å². The normalized spacial score (nSPS) is 11.0. The SMILES string of the molecule is CCON(C=O)S(C)(=O)=O. The first-order valence-electron chi connectivity index (χ1n) is 2.60. The van der Waals surface area contributed by atoms with Crippen molar-refractivity contribution < 1.29 is 18.0 Å². The lowest BCUT2D eigenvalue weighted by molar-refractivity contribution is -0.142. The Morgan fingerprint density at radius 3 is 2.20 bits per heavy atom. The highest BCUT2D eigenvalue weighted by atomic mass is 32.2. The van der Waals surface area contributed by atoms with Crippen LogP contribution in [-0.4, -0.2) is 32.2 Å². The lowest BCUT2D eigenvalue weighted by Gasteiger charge is -2.11. The van der Waals surface area contributed by atoms with E-state index in [1.165, 1.54) is 0 Å². The Balaban J connectivity index is 4.22. The molecule has 0 saturated heterocycles. The van der Waals surface area contributed by atoms with Crippen molar-refractivity contribution in [3.05, 3.63) is 0 Å². The third-order valence-electron chi connectivity index (χ3n) is 0.669. The van der Waals surface area contributed by atoms with Gasteiger partial charge in [-0.05, 0) is 6.92 Å². The third-order valence-corrected chi connectivity index (χ3v) is 1.51. The minimum atomic E-state index is -3.53. The molecule has 0 aromatic heterocycles. The molecule has 0 unspecified atom stereocenters. The van der Waals surface area contributed by atoms with E-state index < -0.39 is 10.0 Å². The Morgan fingerprint density at radius 2 is 2.10 bits per heavy atom. The number of carbonyl (C=O) groups is 1. The molecule has 10 heavy (non-hydrogen) atoms. The van der Waals surface area contributed by atoms with E-state index in [4.69, 9.17) is 0 Å². The van der Waals surface area contributed by atoms with Crippen LogP contribution in [-0.2, 0) is 19.7 Å². The number of hydroxylamine groups is 1. The lowest BCUT2D eigenvalue weighted by atomic mass is 10.9. The van der Waals surface area contributed by atoms with E-state index in [0.717, 1.165) is 6.26 Å². The lowest BCUT2D eigenvalue weighted by Crippen LogP contribution is -2.28. The fourth-order valence-electron chi connectivity index (χ4n) is 0.332. The highest BCUT2D eigenvalue weighted by molar-refractivity contribution is 7.88. The average Bonchev–Trinajstić information content (AvgIpc) is 1.80. The maximum Gasteiger partial charge on any atom is 0.257 e. The van der Waals surface area contributed by atoms with Crippen LogP contribution in [0.15, 0.2) is 0 Å². The molecule has 0 heterocycles. The number of hydrogen-bond acceptors (Lipinski definition) is 4. The smallest absolute Gasteiger partial charge is 0.257 e. The molecule has 0 spiro atoms. The second-order valence-electron chi connectivity index (χ2n) is 1.54. The van der Waals surface area contributed by atoms with Crippen LogP contribution in [0.4, 0.5) is 0 Å². The van der Waals surface area contributed by atoms with Crippen molar-refractivity contribution in [1.82, 2.24) is 4.47 Å². The Labute approximate surface area is 59.6 Å². The molecule has 0 atom stereocenters. The van der Waals surface area contributed by atoms with Gasteiger partial charge in [0.15, 0.2) is 0 Å². The molecule has 0 rings (SSSR count). The van der Waals surface area contributed by atoms with Gasteiger partial charge in [0.25, 0.3) is 10.0 Å². The van der Waals surface area contributed by atoms with Crippen LogP contribution in [0.2, 0.25) is 0 Å². The van der Waals surface area contributed by atoms with Crippen LogP contribution in [0, 0.1) is 0 Å². The predicted molar refractivity (Wildman–Crippen MR) is 34.4 cm³/mol. The molecule has 1 amide bonds. The summed E-state index contributed by atoms with van der Waals surface area (Å²) in [4.78, 5) is 14.4. The molecule has 60 valence electrons. The van der Waals surface area contributed by atoms with Crippen molar-refractivity contribution in [2.45, 2.75) is 6.92 Å². The minimum Gasteiger partial charge on any atom is -0.275 e. The van der Waals surface area contributed by atoms with Crippen LogP contribution in [0.3, 0.4) is 0 Å². The largest absolute Gasteiger partial charge is 0.275 e. The maximum atomic E-state index is 10.5. The molecule has 0 aliphatic heterocycles. The van der Waals surface area contributed by atoms with Gasteiger partial charge in [0.05, 0.1) is 12.9 Å². The predicted octanol–water partition coefficient (Wildman–Crippen LogP) is -0.644. The van der Waals surface area contributed by atoms with Crippen LogP contribution >= 0.6 is 0 Å². The summed E-state index contributed by atoms with van der Waals surface area (Å²) in [6, 6.07) is 0. The summed E-state index contributed by atoms with van der Waals surface area (Å²) < 4.78 is 21.3. The Morgan fingerprint density at radius 1 is 1.60 bits per heavy atom. The molecule has 0 aromatic rings. The second-order valence-corrected chi connectivity index (χ2v) is 3.37. The van der Waals surface area contributed by atoms with Gasteiger partial charge in [-0.25, -0.2) is 8.42 Å². The van der Waals surface area contributed by atoms with Gasteiger partial charge in [0.1, 0.15) is 0 Å². The van der Waals surface area contributed by atoms with Crippen molar-refractivity contribution >= 4 is 16.4 Å². The standard InChI is InChI=1S/C4H9NO4S/c1-3-9-5(4-6)10(2,7)8/h4H,3H2,1-2H3. The van der Waals surface area contributed by atoms with Crippen molar-refractivity contribution in [2.75, 3.05) is 12.9 Å². The van der Waals surface area contributed by atoms with Crippen molar-refractivity contribution in [3.8, 4) is 0 Å². The summed E-state index contributed by atoms with van der Waals surface area (Å²) >= 11 is 0. The number of nitrogens with zero attached hydrogens (tertiary/aromatic N) is 1.